The average Bonchev–Trinajstić information content (AvgIpc) is 3.39. The van der Waals surface area contributed by atoms with E-state index in [1.54, 1.807) is 24.3 Å². The highest BCUT2D eigenvalue weighted by Gasteiger charge is 2.26. The van der Waals surface area contributed by atoms with Gasteiger partial charge in [0.15, 0.2) is 0 Å². The molecule has 6 heteroatoms. The number of nitrogens with zero attached hydrogens (tertiary/aromatic N) is 2. The van der Waals surface area contributed by atoms with E-state index in [0.717, 1.165) is 54.4 Å². The molecular weight excluding hydrogens is 420 g/mol. The van der Waals surface area contributed by atoms with Gasteiger partial charge in [-0.3, -0.25) is 0 Å². The van der Waals surface area contributed by atoms with E-state index in [2.05, 4.69) is 18.0 Å². The van der Waals surface area contributed by atoms with E-state index in [1.807, 2.05) is 24.4 Å². The molecule has 1 saturated carbocycles. The Morgan fingerprint density at radius 3 is 2.47 bits per heavy atom. The van der Waals surface area contributed by atoms with Crippen LogP contribution in [0.5, 0.6) is 5.75 Å². The fraction of sp³-hybridized carbons (Fsp3) is 0.462. The van der Waals surface area contributed by atoms with E-state index in [0.29, 0.717) is 10.9 Å². The Labute approximate surface area is 191 Å². The maximum absolute atomic E-state index is 13.5. The first kappa shape index (κ1) is 21.5. The van der Waals surface area contributed by atoms with Crippen LogP contribution in [0, 0.1) is 0 Å². The predicted molar refractivity (Wildman–Crippen MR) is 128 cm³/mol. The molecule has 3 aromatic rings. The molecule has 1 aromatic heterocycles. The molecule has 1 aliphatic heterocycles. The van der Waals surface area contributed by atoms with E-state index >= 15 is 0 Å². The van der Waals surface area contributed by atoms with Gasteiger partial charge >= 0.3 is 0 Å². The Kier molecular flexibility index (Phi) is 5.99. The monoisotopic (exact) mass is 452 g/mol. The minimum Gasteiger partial charge on any atom is -0.490 e. The van der Waals surface area contributed by atoms with Crippen molar-refractivity contribution >= 4 is 20.9 Å². The lowest BCUT2D eigenvalue weighted by Crippen LogP contribution is -2.26. The SMILES string of the molecule is CN1CCC[C@@H]1Cc1cn(S(=O)(=O)c2ccccc2)c2ccc(OC3CCCCC3)cc12. The predicted octanol–water partition coefficient (Wildman–Crippen LogP) is 5.23. The average molecular weight is 453 g/mol. The highest BCUT2D eigenvalue weighted by molar-refractivity contribution is 7.90. The van der Waals surface area contributed by atoms with Crippen molar-refractivity contribution in [1.29, 1.82) is 0 Å². The number of likely N-dealkylation sites (N-methyl/N-ethyl adjacent to an activating group) is 1. The Morgan fingerprint density at radius 2 is 1.75 bits per heavy atom. The number of aromatic nitrogens is 1. The Hall–Kier alpha value is -2.31. The lowest BCUT2D eigenvalue weighted by molar-refractivity contribution is 0.155. The number of benzene rings is 2. The van der Waals surface area contributed by atoms with Gasteiger partial charge in [-0.15, -0.1) is 0 Å². The maximum atomic E-state index is 13.5. The molecule has 2 aromatic carbocycles. The molecule has 32 heavy (non-hydrogen) atoms. The molecule has 5 nitrogen and oxygen atoms in total. The van der Waals surface area contributed by atoms with Gasteiger partial charge in [-0.25, -0.2) is 12.4 Å². The second-order valence-corrected chi connectivity index (χ2v) is 11.1. The quantitative estimate of drug-likeness (QED) is 0.514. The van der Waals surface area contributed by atoms with E-state index in [4.69, 9.17) is 4.74 Å². The molecule has 1 saturated heterocycles. The summed E-state index contributed by atoms with van der Waals surface area (Å²) in [7, 11) is -1.51. The maximum Gasteiger partial charge on any atom is 0.268 e. The fourth-order valence-corrected chi connectivity index (χ4v) is 6.66. The number of hydrogen-bond donors (Lipinski definition) is 0. The number of rotatable bonds is 6. The van der Waals surface area contributed by atoms with Gasteiger partial charge in [0.25, 0.3) is 10.0 Å². The van der Waals surface area contributed by atoms with Gasteiger partial charge < -0.3 is 9.64 Å². The van der Waals surface area contributed by atoms with Gasteiger partial charge in [-0.2, -0.15) is 0 Å². The van der Waals surface area contributed by atoms with Gasteiger partial charge in [0.05, 0.1) is 16.5 Å². The molecular formula is C26H32N2O3S. The summed E-state index contributed by atoms with van der Waals surface area (Å²) in [6, 6.07) is 15.0. The van der Waals surface area contributed by atoms with Crippen LogP contribution in [0.1, 0.15) is 50.5 Å². The molecule has 0 N–H and O–H groups in total. The summed E-state index contributed by atoms with van der Waals surface area (Å²) >= 11 is 0. The number of likely N-dealkylation sites (tertiary alicyclic amines) is 1. The lowest BCUT2D eigenvalue weighted by Gasteiger charge is -2.23. The molecule has 1 atom stereocenters. The summed E-state index contributed by atoms with van der Waals surface area (Å²) in [5, 5.41) is 0.984. The zero-order valence-electron chi connectivity index (χ0n) is 18.7. The first-order chi connectivity index (χ1) is 15.5. The second-order valence-electron chi connectivity index (χ2n) is 9.31. The smallest absolute Gasteiger partial charge is 0.268 e. The molecule has 2 heterocycles. The molecule has 0 radical (unpaired) electrons. The third-order valence-electron chi connectivity index (χ3n) is 7.11. The van der Waals surface area contributed by atoms with Gasteiger partial charge in [0.2, 0.25) is 0 Å². The van der Waals surface area contributed by atoms with Crippen LogP contribution in [-0.2, 0) is 16.4 Å². The zero-order chi connectivity index (χ0) is 22.1. The van der Waals surface area contributed by atoms with Crippen LogP contribution in [0.2, 0.25) is 0 Å². The molecule has 1 aliphatic carbocycles. The number of hydrogen-bond acceptors (Lipinski definition) is 4. The summed E-state index contributed by atoms with van der Waals surface area (Å²) in [5.74, 6) is 0.847. The fourth-order valence-electron chi connectivity index (χ4n) is 5.25. The summed E-state index contributed by atoms with van der Waals surface area (Å²) in [4.78, 5) is 2.70. The summed E-state index contributed by atoms with van der Waals surface area (Å²) in [6.07, 6.45) is 11.2. The van der Waals surface area contributed by atoms with Crippen molar-refractivity contribution in [2.24, 2.45) is 0 Å². The molecule has 170 valence electrons. The third-order valence-corrected chi connectivity index (χ3v) is 8.79. The first-order valence-corrected chi connectivity index (χ1v) is 13.3. The number of ether oxygens (including phenoxy) is 1. The molecule has 2 fully saturated rings. The highest BCUT2D eigenvalue weighted by atomic mass is 32.2. The Bertz CT molecular complexity index is 1180. The van der Waals surface area contributed by atoms with E-state index < -0.39 is 10.0 Å². The third kappa shape index (κ3) is 4.18. The van der Waals surface area contributed by atoms with Crippen LogP contribution in [-0.4, -0.2) is 43.0 Å². The van der Waals surface area contributed by atoms with Crippen LogP contribution in [0.3, 0.4) is 0 Å². The minimum atomic E-state index is -3.67. The summed E-state index contributed by atoms with van der Waals surface area (Å²) in [6.45, 7) is 1.10. The molecule has 0 amide bonds. The molecule has 5 rings (SSSR count). The van der Waals surface area contributed by atoms with Crippen LogP contribution in [0.4, 0.5) is 0 Å². The van der Waals surface area contributed by atoms with Crippen LogP contribution in [0.15, 0.2) is 59.6 Å². The summed E-state index contributed by atoms with van der Waals surface area (Å²) < 4.78 is 34.8. The zero-order valence-corrected chi connectivity index (χ0v) is 19.6. The van der Waals surface area contributed by atoms with Crippen LogP contribution < -0.4 is 4.74 Å². The molecule has 2 aliphatic rings. The summed E-state index contributed by atoms with van der Waals surface area (Å²) in [5.41, 5.74) is 1.80. The molecule has 0 bridgehead atoms. The van der Waals surface area contributed by atoms with Gasteiger partial charge in [-0.1, -0.05) is 24.6 Å². The van der Waals surface area contributed by atoms with Crippen molar-refractivity contribution < 1.29 is 13.2 Å². The minimum absolute atomic E-state index is 0.265. The van der Waals surface area contributed by atoms with E-state index in [-0.39, 0.29) is 6.10 Å². The van der Waals surface area contributed by atoms with Crippen molar-refractivity contribution in [3.05, 3.63) is 60.3 Å². The van der Waals surface area contributed by atoms with Gasteiger partial charge in [0, 0.05) is 17.6 Å². The lowest BCUT2D eigenvalue weighted by atomic mass is 9.98. The Morgan fingerprint density at radius 1 is 0.969 bits per heavy atom. The Balaban J connectivity index is 1.56. The first-order valence-electron chi connectivity index (χ1n) is 11.8. The largest absolute Gasteiger partial charge is 0.490 e. The highest BCUT2D eigenvalue weighted by Crippen LogP contribution is 2.33. The van der Waals surface area contributed by atoms with Crippen molar-refractivity contribution in [2.45, 2.75) is 68.4 Å². The van der Waals surface area contributed by atoms with Gasteiger partial charge in [0.1, 0.15) is 5.75 Å². The molecule has 0 spiro atoms. The van der Waals surface area contributed by atoms with E-state index in [1.165, 1.54) is 29.7 Å². The van der Waals surface area contributed by atoms with Crippen LogP contribution in [0.25, 0.3) is 10.9 Å². The topological polar surface area (TPSA) is 51.5 Å². The van der Waals surface area contributed by atoms with Crippen LogP contribution >= 0.6 is 0 Å². The standard InChI is InChI=1S/C26H32N2O3S/c1-27-16-8-9-21(27)17-20-19-28(32(29,30)24-12-6-3-7-13-24)26-15-14-23(18-25(20)26)31-22-10-4-2-5-11-22/h3,6-7,12-15,18-19,21-22H,2,4-5,8-11,16-17H2,1H3/t21-/m1/s1. The molecule has 0 unspecified atom stereocenters. The van der Waals surface area contributed by atoms with Gasteiger partial charge in [-0.05, 0) is 94.4 Å². The van der Waals surface area contributed by atoms with Crippen molar-refractivity contribution in [3.63, 3.8) is 0 Å². The normalized spacial score (nSPS) is 20.7. The second kappa shape index (κ2) is 8.91. The van der Waals surface area contributed by atoms with E-state index in [9.17, 15) is 8.42 Å². The van der Waals surface area contributed by atoms with Crippen molar-refractivity contribution in [3.8, 4) is 5.75 Å². The number of fused-ring (bicyclic) bond motifs is 1. The van der Waals surface area contributed by atoms with Crippen molar-refractivity contribution in [2.75, 3.05) is 13.6 Å². The van der Waals surface area contributed by atoms with Crippen molar-refractivity contribution in [1.82, 2.24) is 8.87 Å².